The molecule has 10 heterocycles. The number of esters is 3. The number of Topliss-reactive ketones (excluding diaryl/α,β-unsaturated/α-hetero) is 6. The summed E-state index contributed by atoms with van der Waals surface area (Å²) in [7, 11) is 7.58. The molecule has 4 aromatic heterocycles. The van der Waals surface area contributed by atoms with Crippen LogP contribution in [0.1, 0.15) is 188 Å². The summed E-state index contributed by atoms with van der Waals surface area (Å²) in [5.41, 5.74) is 7.65. The third kappa shape index (κ3) is 27.1. The van der Waals surface area contributed by atoms with Crippen molar-refractivity contribution in [3.05, 3.63) is 48.0 Å². The third-order valence-corrected chi connectivity index (χ3v) is 25.8. The lowest BCUT2D eigenvalue weighted by molar-refractivity contribution is -0.299. The highest BCUT2D eigenvalue weighted by molar-refractivity contribution is 7.09. The second-order valence-electron chi connectivity index (χ2n) is 34.9. The van der Waals surface area contributed by atoms with E-state index in [0.717, 1.165) is 33.4 Å². The number of hydrogen-bond acceptors (Lipinski definition) is 39. The first-order valence-electron chi connectivity index (χ1n) is 42.2. The average molecular weight is 1830 g/mol. The second kappa shape index (κ2) is 47.4. The predicted molar refractivity (Wildman–Crippen MR) is 467 cm³/mol. The zero-order valence-electron chi connectivity index (χ0n) is 75.8. The van der Waals surface area contributed by atoms with Gasteiger partial charge in [0.25, 0.3) is 0 Å². The van der Waals surface area contributed by atoms with E-state index in [0.29, 0.717) is 30.2 Å². The number of carbonyl (C=O) groups is 9. The van der Waals surface area contributed by atoms with E-state index in [-0.39, 0.29) is 119 Å². The Morgan fingerprint density at radius 2 is 1.02 bits per heavy atom. The smallest absolute Gasteiger partial charge is 0.316 e. The number of rotatable bonds is 18. The minimum Gasteiger partial charge on any atom is -0.459 e. The molecule has 6 aliphatic heterocycles. The van der Waals surface area contributed by atoms with E-state index in [1.807, 2.05) is 70.0 Å². The summed E-state index contributed by atoms with van der Waals surface area (Å²) in [4.78, 5) is 154. The number of likely N-dealkylation sites (N-methyl/N-ethyl adjacent to an activating group) is 1. The van der Waals surface area contributed by atoms with Crippen LogP contribution in [0.2, 0.25) is 0 Å². The number of fused-ring (bicyclic) bond motifs is 10. The number of aliphatic hydroxyl groups is 2. The number of carbonyl (C=O) groups excluding carboxylic acids is 9. The van der Waals surface area contributed by atoms with Crippen LogP contribution in [0.3, 0.4) is 0 Å². The zero-order chi connectivity index (χ0) is 93.2. The fourth-order valence-electron chi connectivity index (χ4n) is 17.6. The monoisotopic (exact) mass is 1830 g/mol. The van der Waals surface area contributed by atoms with Crippen LogP contribution in [-0.4, -0.2) is 264 Å². The van der Waals surface area contributed by atoms with Crippen molar-refractivity contribution in [2.75, 3.05) is 66.1 Å². The molecule has 6 fully saturated rings. The van der Waals surface area contributed by atoms with Crippen LogP contribution in [0.5, 0.6) is 0 Å². The van der Waals surface area contributed by atoms with Gasteiger partial charge in [-0.2, -0.15) is 18.7 Å². The molecule has 10 rings (SSSR count). The van der Waals surface area contributed by atoms with Gasteiger partial charge in [-0.3, -0.25) is 53.2 Å². The topological polar surface area (TPSA) is 514 Å². The Kier molecular flexibility index (Phi) is 40.4. The predicted octanol–water partition coefficient (Wildman–Crippen LogP) is 8.01. The molecule has 0 aromatic carbocycles. The molecule has 37 nitrogen and oxygen atoms in total. The summed E-state index contributed by atoms with van der Waals surface area (Å²) in [5.74, 6) is -7.21. The van der Waals surface area contributed by atoms with Crippen molar-refractivity contribution in [1.82, 2.24) is 38.5 Å². The van der Waals surface area contributed by atoms with Crippen LogP contribution >= 0.6 is 34.8 Å². The molecular weight excluding hydrogens is 1700 g/mol. The Morgan fingerprint density at radius 3 is 1.43 bits per heavy atom. The van der Waals surface area contributed by atoms with Crippen molar-refractivity contribution >= 4 is 105 Å². The number of nitrogen functional groups attached to an aromatic ring is 2. The molecule has 0 spiro atoms. The Bertz CT molecular complexity index is 4300. The van der Waals surface area contributed by atoms with Gasteiger partial charge in [0.05, 0.1) is 78.5 Å². The standard InChI is InChI=1S/C43H64N6O11S.C34H55NO12.C8H9N5OS.CH4.ClH2N/c1-12-33-43(9,54)37-25(5)34(51)22(2)17-42(8,56-20-30(19-55-37)47-57-21-29-14-13-28(18-45-29)38-46-41(44)48-61-38)36(26(6)35(52)27(7)39(53)59-33)60-40-31(15-23(3)50)32(49(10)11)16-24(4)58-40;1-12-25-34(9,41)30-19(4)26(38)17(2)14-33(8,43-16-23(37)15-42-30)29(20(5)27(39)21(6)31(40)46-25)47-32-28(45-22(7)36)24(35(10)11)13-18(3)44-32;9-8-12-7(15-13-8)5-1-2-6(4-14-10)11-3-5;;1-2/h13-14,18,22,24-27,31-33,36-37,40,54H,12,15-17,19-21H2,1-11H3,(H2,44,48);17-21,24-25,28-30,32,41H,12-16H2,1-11H3;1-3H,4,10H2,(H2,9,13);1H4;2H2/t22-,24-,25+,26+,27-,31-,32+,33-,36-,37-,40+,42-,43-;17-,18-,19+,20+,21-,24+,25-,28-,29-,30-,32+,33-,34-;;;/m11.../s1. The SMILES string of the molecule is C.CC[C@H]1OC(=O)[C@H](C)C(=O)[C@H](C)[C@@H](O[C@@H]2O[C@H](C)C[C@H](N(C)C)[C@H]2CC(C)=O)[C@@]2(C)C[C@@H](C)C(=O)[C@H](C)[C@@H](OCC(=NOCc3ccc(-c4nc(N)ns4)cn3)CO2)[C@]1(C)O.CC[C@H]1OC(=O)[C@H](C)C(=O)[C@H](C)[C@@H](O[C@@H]2O[C@H](C)C[C@H](N(C)C)[C@H]2OC(C)=O)[C@@]2(C)C[C@@H](C)C(=O)[C@H](C)[C@@H](OCC(=O)CO2)[C@]1(C)O.NCl.NOCc1ccc(-c2nc(N)ns2)cn1. The minimum atomic E-state index is -1.89. The number of anilines is 2. The van der Waals surface area contributed by atoms with Crippen LogP contribution in [0.4, 0.5) is 11.9 Å². The Labute approximate surface area is 751 Å². The van der Waals surface area contributed by atoms with Crippen LogP contribution in [-0.2, 0) is 118 Å². The average Bonchev–Trinajstić information content (AvgIpc) is 1.01. The number of nitrogens with zero attached hydrogens (tertiary/aromatic N) is 9. The van der Waals surface area contributed by atoms with Crippen molar-refractivity contribution in [2.24, 2.45) is 69.6 Å². The molecule has 0 aliphatic carbocycles. The normalized spacial score (nSPS) is 35.0. The molecule has 706 valence electrons. The molecule has 0 amide bonds. The molecule has 40 heteroatoms. The molecule has 0 unspecified atom stereocenters. The van der Waals surface area contributed by atoms with Gasteiger partial charge in [0.1, 0.15) is 88.1 Å². The molecule has 0 radical (unpaired) electrons. The molecule has 0 saturated carbocycles. The quantitative estimate of drug-likeness (QED) is 0.0180. The van der Waals surface area contributed by atoms with Gasteiger partial charge in [0, 0.05) is 84.3 Å². The Hall–Kier alpha value is -7.39. The van der Waals surface area contributed by atoms with Crippen molar-refractivity contribution in [3.8, 4) is 21.1 Å². The number of ether oxygens (including phenoxy) is 11. The maximum absolute atomic E-state index is 14.6. The summed E-state index contributed by atoms with van der Waals surface area (Å²) in [5, 5.41) is 33.8. The van der Waals surface area contributed by atoms with Crippen molar-refractivity contribution in [3.63, 3.8) is 0 Å². The zero-order valence-corrected chi connectivity index (χ0v) is 78.2. The lowest BCUT2D eigenvalue weighted by atomic mass is 9.74. The molecular formula is C86H134ClN13O24S2. The number of aromatic nitrogens is 6. The first-order chi connectivity index (χ1) is 58.7. The number of cyclic esters (lactones) is 2. The Balaban J connectivity index is 0.000000332. The highest BCUT2D eigenvalue weighted by Gasteiger charge is 2.57. The summed E-state index contributed by atoms with van der Waals surface area (Å²) in [6, 6.07) is 6.88. The van der Waals surface area contributed by atoms with E-state index < -0.39 is 179 Å². The highest BCUT2D eigenvalue weighted by Crippen LogP contribution is 2.44. The number of nitrogens with two attached hydrogens (primary N) is 4. The lowest BCUT2D eigenvalue weighted by Gasteiger charge is -2.48. The number of oxime groups is 1. The van der Waals surface area contributed by atoms with E-state index in [4.69, 9.17) is 74.3 Å². The van der Waals surface area contributed by atoms with Gasteiger partial charge in [0.2, 0.25) is 11.9 Å². The maximum Gasteiger partial charge on any atom is 0.316 e. The molecule has 10 N–H and O–H groups in total. The maximum atomic E-state index is 14.6. The van der Waals surface area contributed by atoms with Gasteiger partial charge in [-0.1, -0.05) is 68.0 Å². The number of hydrogen-bond donors (Lipinski definition) is 6. The van der Waals surface area contributed by atoms with Crippen molar-refractivity contribution in [2.45, 2.75) is 292 Å². The third-order valence-electron chi connectivity index (χ3n) is 24.2. The van der Waals surface area contributed by atoms with E-state index >= 15 is 0 Å². The molecule has 6 saturated heterocycles. The van der Waals surface area contributed by atoms with Gasteiger partial charge in [-0.05, 0) is 188 Å². The van der Waals surface area contributed by atoms with Crippen molar-refractivity contribution in [1.29, 1.82) is 0 Å². The van der Waals surface area contributed by atoms with Gasteiger partial charge in [-0.15, -0.1) is 0 Å². The summed E-state index contributed by atoms with van der Waals surface area (Å²) >= 11 is 6.54. The summed E-state index contributed by atoms with van der Waals surface area (Å²) < 4.78 is 77.3. The first kappa shape index (κ1) is 107. The number of halogens is 1. The Morgan fingerprint density at radius 1 is 0.595 bits per heavy atom. The van der Waals surface area contributed by atoms with E-state index in [1.54, 1.807) is 87.7 Å². The van der Waals surface area contributed by atoms with Gasteiger partial charge in [0.15, 0.2) is 42.6 Å². The fraction of sp³-hybridized carbons (Fsp3) is 0.721. The highest BCUT2D eigenvalue weighted by atomic mass is 35.5. The summed E-state index contributed by atoms with van der Waals surface area (Å²) in [6.45, 7) is 28.2. The second-order valence-corrected chi connectivity index (χ2v) is 36.4. The van der Waals surface area contributed by atoms with Gasteiger partial charge < -0.3 is 93.2 Å². The lowest BCUT2D eigenvalue weighted by Crippen LogP contribution is -2.60. The van der Waals surface area contributed by atoms with Crippen LogP contribution < -0.4 is 22.6 Å². The molecule has 4 aromatic rings. The molecule has 26 atom stereocenters. The van der Waals surface area contributed by atoms with Crippen LogP contribution in [0.15, 0.2) is 41.8 Å². The van der Waals surface area contributed by atoms with Crippen molar-refractivity contribution < 1.29 is 115 Å². The number of pyridine rings is 2. The summed E-state index contributed by atoms with van der Waals surface area (Å²) in [6.07, 6.45) is -5.61. The first-order valence-corrected chi connectivity index (χ1v) is 44.1. The van der Waals surface area contributed by atoms with E-state index in [2.05, 4.69) is 55.7 Å². The molecule has 6 aliphatic rings. The molecule has 126 heavy (non-hydrogen) atoms. The van der Waals surface area contributed by atoms with Gasteiger partial charge >= 0.3 is 17.9 Å². The van der Waals surface area contributed by atoms with Gasteiger partial charge in [-0.25, -0.2) is 11.1 Å². The number of ketones is 6. The van der Waals surface area contributed by atoms with Crippen LogP contribution in [0, 0.1) is 53.3 Å². The molecule has 4 bridgehead atoms. The van der Waals surface area contributed by atoms with E-state index in [1.165, 1.54) is 53.1 Å². The fourth-order valence-corrected chi connectivity index (χ4v) is 18.8. The minimum absolute atomic E-state index is 0. The van der Waals surface area contributed by atoms with Crippen LogP contribution in [0.25, 0.3) is 21.1 Å². The van der Waals surface area contributed by atoms with E-state index in [9.17, 15) is 53.4 Å². The largest absolute Gasteiger partial charge is 0.459 e.